The van der Waals surface area contributed by atoms with Crippen molar-refractivity contribution in [3.05, 3.63) is 129 Å². The second-order valence-corrected chi connectivity index (χ2v) is 24.8. The van der Waals surface area contributed by atoms with Crippen molar-refractivity contribution in [1.29, 1.82) is 5.26 Å². The first-order valence-electron chi connectivity index (χ1n) is 22.5. The monoisotopic (exact) mass is 932 g/mol. The lowest BCUT2D eigenvalue weighted by molar-refractivity contribution is -0.117. The first-order valence-corrected chi connectivity index (χ1v) is 25.8. The number of ether oxygens (including phenoxy) is 4. The van der Waals surface area contributed by atoms with Crippen LogP contribution in [-0.4, -0.2) is 91.8 Å². The summed E-state index contributed by atoms with van der Waals surface area (Å²) >= 11 is 0. The molecule has 16 heteroatoms. The fourth-order valence-electron chi connectivity index (χ4n) is 9.85. The maximum atomic E-state index is 13.9. The first-order chi connectivity index (χ1) is 31.0. The van der Waals surface area contributed by atoms with Crippen LogP contribution in [0.3, 0.4) is 0 Å². The minimum Gasteiger partial charge on any atom is -0.497 e. The molecule has 3 aromatic carbocycles. The van der Waals surface area contributed by atoms with Gasteiger partial charge in [-0.2, -0.15) is 5.26 Å². The predicted octanol–water partition coefficient (Wildman–Crippen LogP) is 9.04. The van der Waals surface area contributed by atoms with Crippen molar-refractivity contribution in [1.82, 2.24) is 14.2 Å². The summed E-state index contributed by atoms with van der Waals surface area (Å²) in [6.07, 6.45) is -4.79. The van der Waals surface area contributed by atoms with Gasteiger partial charge in [0.1, 0.15) is 42.7 Å². The Morgan fingerprint density at radius 2 is 1.32 bits per heavy atom. The van der Waals surface area contributed by atoms with E-state index in [0.29, 0.717) is 22.6 Å². The van der Waals surface area contributed by atoms with E-state index in [2.05, 4.69) is 57.3 Å². The third kappa shape index (κ3) is 11.0. The molecule has 0 aliphatic carbocycles. The number of methoxy groups -OCH3 is 2. The number of benzene rings is 3. The van der Waals surface area contributed by atoms with Crippen LogP contribution in [0.2, 0.25) is 16.6 Å². The Balaban J connectivity index is 1.83. The summed E-state index contributed by atoms with van der Waals surface area (Å²) in [7, 11) is -1.30. The number of aromatic nitrogens is 2. The molecule has 2 N–H and O–H groups in total. The third-order valence-electron chi connectivity index (χ3n) is 12.6. The molecule has 1 fully saturated rings. The number of aliphatic hydroxyl groups is 1. The minimum atomic E-state index is -2.51. The average Bonchev–Trinajstić information content (AvgIpc) is 3.62. The van der Waals surface area contributed by atoms with Gasteiger partial charge in [-0.1, -0.05) is 96.1 Å². The molecule has 1 aliphatic heterocycles. The van der Waals surface area contributed by atoms with E-state index in [4.69, 9.17) is 32.4 Å². The maximum Gasteiger partial charge on any atom is 0.330 e. The molecule has 1 aromatic heterocycles. The van der Waals surface area contributed by atoms with E-state index in [1.54, 1.807) is 14.2 Å². The van der Waals surface area contributed by atoms with Crippen LogP contribution in [0.25, 0.3) is 0 Å². The fourth-order valence-corrected chi connectivity index (χ4v) is 16.9. The summed E-state index contributed by atoms with van der Waals surface area (Å²) in [5, 5.41) is 23.4. The Morgan fingerprint density at radius 1 is 0.800 bits per heavy atom. The van der Waals surface area contributed by atoms with Gasteiger partial charge in [0.2, 0.25) is 8.32 Å². The highest BCUT2D eigenvalue weighted by Crippen LogP contribution is 2.54. The first kappa shape index (κ1) is 51.8. The van der Waals surface area contributed by atoms with Crippen LogP contribution in [0.4, 0.5) is 0 Å². The Hall–Kier alpha value is -4.20. The molecule has 14 nitrogen and oxygen atoms in total. The Labute approximate surface area is 386 Å². The zero-order valence-electron chi connectivity index (χ0n) is 40.0. The van der Waals surface area contributed by atoms with E-state index in [-0.39, 0.29) is 48.5 Å². The van der Waals surface area contributed by atoms with Crippen LogP contribution in [0.5, 0.6) is 11.5 Å². The van der Waals surface area contributed by atoms with Gasteiger partial charge in [0.25, 0.3) is 14.1 Å². The van der Waals surface area contributed by atoms with Gasteiger partial charge in [-0.15, -0.1) is 0 Å². The van der Waals surface area contributed by atoms with Crippen molar-refractivity contribution >= 4 is 16.8 Å². The highest BCUT2D eigenvalue weighted by atomic mass is 31.2. The quantitative estimate of drug-likeness (QED) is 0.0239. The van der Waals surface area contributed by atoms with Crippen molar-refractivity contribution in [3.8, 4) is 17.6 Å². The van der Waals surface area contributed by atoms with Gasteiger partial charge in [0.15, 0.2) is 6.23 Å². The van der Waals surface area contributed by atoms with E-state index in [1.165, 1.54) is 16.8 Å². The molecule has 1 saturated heterocycles. The number of rotatable bonds is 23. The van der Waals surface area contributed by atoms with Gasteiger partial charge in [0.05, 0.1) is 38.7 Å². The third-order valence-corrected chi connectivity index (χ3v) is 20.7. The standard InChI is InChI=1S/C49H69N4O10PSi/c1-32(2)53(33(3)4)64(60-30-16-28-50)63-43-44(62-47(52-29-27-42(54)51-48(52)56)45(43)59-31-61-65(34(5)6,35(7)8)36(9)10)46(55)49(37-17-14-13-15-18-37,38-19-23-40(57-11)24-20-38)39-21-25-41(58-12)26-22-39/h13-15,17-27,29,32-36,43-47,55H,16,30-31H2,1-12H3,(H,51,54,56)/t43-,44+,45-,46?,47-,64?/m1/s1. The van der Waals surface area contributed by atoms with Gasteiger partial charge in [0, 0.05) is 24.3 Å². The van der Waals surface area contributed by atoms with E-state index in [0.717, 1.165) is 5.56 Å². The maximum absolute atomic E-state index is 13.9. The van der Waals surface area contributed by atoms with Crippen molar-refractivity contribution in [2.24, 2.45) is 0 Å². The number of nitriles is 1. The van der Waals surface area contributed by atoms with Crippen molar-refractivity contribution in [2.75, 3.05) is 27.6 Å². The van der Waals surface area contributed by atoms with Crippen LogP contribution in [-0.2, 0) is 28.4 Å². The lowest BCUT2D eigenvalue weighted by Gasteiger charge is -2.44. The molecule has 0 saturated carbocycles. The largest absolute Gasteiger partial charge is 0.497 e. The van der Waals surface area contributed by atoms with Gasteiger partial charge in [-0.05, 0) is 85.3 Å². The van der Waals surface area contributed by atoms with Crippen molar-refractivity contribution in [2.45, 2.75) is 140 Å². The van der Waals surface area contributed by atoms with Gasteiger partial charge < -0.3 is 37.5 Å². The molecule has 5 rings (SSSR count). The summed E-state index contributed by atoms with van der Waals surface area (Å²) in [4.78, 5) is 28.8. The molecular weight excluding hydrogens is 864 g/mol. The lowest BCUT2D eigenvalue weighted by Crippen LogP contribution is -2.53. The number of nitrogens with zero attached hydrogens (tertiary/aromatic N) is 3. The van der Waals surface area contributed by atoms with E-state index in [1.807, 2.05) is 107 Å². The minimum absolute atomic E-state index is 0.0767. The van der Waals surface area contributed by atoms with E-state index < -0.39 is 64.2 Å². The molecule has 0 radical (unpaired) electrons. The number of aromatic amines is 1. The molecule has 0 bridgehead atoms. The van der Waals surface area contributed by atoms with Gasteiger partial charge >= 0.3 is 5.69 Å². The van der Waals surface area contributed by atoms with Crippen LogP contribution in [0, 0.1) is 11.3 Å². The Bertz CT molecular complexity index is 2170. The van der Waals surface area contributed by atoms with Crippen LogP contribution < -0.4 is 20.7 Å². The summed E-state index contributed by atoms with van der Waals surface area (Å²) in [6.45, 7) is 21.2. The normalized spacial score (nSPS) is 19.1. The summed E-state index contributed by atoms with van der Waals surface area (Å²) in [5.41, 5.74) is 0.137. The van der Waals surface area contributed by atoms with Crippen LogP contribution >= 0.6 is 8.53 Å². The summed E-state index contributed by atoms with van der Waals surface area (Å²) < 4.78 is 49.4. The second kappa shape index (κ2) is 23.0. The SMILES string of the molecule is COc1ccc(C(c2ccccc2)(c2ccc(OC)cc2)C(O)[C@H]2O[C@@H](n3ccc(=O)[nH]c3=O)[C@H](OCO[Si](C(C)C)(C(C)C)C(C)C)[C@@H]2OP(OCCC#N)N(C(C)C)C(C)C)cc1. The highest BCUT2D eigenvalue weighted by molar-refractivity contribution is 7.44. The van der Waals surface area contributed by atoms with E-state index in [9.17, 15) is 20.0 Å². The molecule has 0 amide bonds. The molecule has 354 valence electrons. The Kier molecular flexibility index (Phi) is 18.3. The van der Waals surface area contributed by atoms with Crippen LogP contribution in [0.1, 0.15) is 98.6 Å². The highest BCUT2D eigenvalue weighted by Gasteiger charge is 2.58. The van der Waals surface area contributed by atoms with Crippen molar-refractivity contribution < 1.29 is 37.5 Å². The molecule has 2 heterocycles. The smallest absolute Gasteiger partial charge is 0.330 e. The lowest BCUT2D eigenvalue weighted by atomic mass is 9.64. The number of hydrogen-bond acceptors (Lipinski definition) is 12. The molecule has 65 heavy (non-hydrogen) atoms. The summed E-state index contributed by atoms with van der Waals surface area (Å²) in [5.74, 6) is 1.24. The number of nitrogens with one attached hydrogen (secondary N) is 1. The number of H-pyrrole nitrogens is 1. The topological polar surface area (TPSA) is 167 Å². The molecule has 1 aliphatic rings. The molecule has 6 atom stereocenters. The van der Waals surface area contributed by atoms with Crippen LogP contribution in [0.15, 0.2) is 101 Å². The molecule has 2 unspecified atom stereocenters. The fraction of sp³-hybridized carbons (Fsp3) is 0.531. The summed E-state index contributed by atoms with van der Waals surface area (Å²) in [6, 6.07) is 28.0. The van der Waals surface area contributed by atoms with E-state index >= 15 is 0 Å². The van der Waals surface area contributed by atoms with Gasteiger partial charge in [-0.3, -0.25) is 14.3 Å². The van der Waals surface area contributed by atoms with Gasteiger partial charge in [-0.25, -0.2) is 9.46 Å². The Morgan fingerprint density at radius 3 is 1.78 bits per heavy atom. The second-order valence-electron chi connectivity index (χ2n) is 17.9. The molecule has 0 spiro atoms. The predicted molar refractivity (Wildman–Crippen MR) is 256 cm³/mol. The number of hydrogen-bond donors (Lipinski definition) is 2. The molecular formula is C49H69N4O10PSi. The zero-order valence-corrected chi connectivity index (χ0v) is 41.9. The van der Waals surface area contributed by atoms with Crippen molar-refractivity contribution in [3.63, 3.8) is 0 Å². The average molecular weight is 933 g/mol. The zero-order chi connectivity index (χ0) is 47.6. The molecule has 4 aromatic rings. The number of aliphatic hydroxyl groups excluding tert-OH is 1.